The third-order valence-electron chi connectivity index (χ3n) is 4.75. The molecule has 7 nitrogen and oxygen atoms in total. The predicted octanol–water partition coefficient (Wildman–Crippen LogP) is 6.34. The lowest BCUT2D eigenvalue weighted by Gasteiger charge is -2.28. The molecular weight excluding hydrogens is 453 g/mol. The van der Waals surface area contributed by atoms with Crippen LogP contribution in [0.5, 0.6) is 0 Å². The smallest absolute Gasteiger partial charge is 0.278 e. The van der Waals surface area contributed by atoms with Crippen molar-refractivity contribution in [2.45, 2.75) is 6.92 Å². The highest BCUT2D eigenvalue weighted by atomic mass is 35.5. The summed E-state index contributed by atoms with van der Waals surface area (Å²) in [6.45, 7) is 1.79. The maximum absolute atomic E-state index is 15.0. The third-order valence-corrected chi connectivity index (χ3v) is 5.20. The van der Waals surface area contributed by atoms with Gasteiger partial charge in [-0.2, -0.15) is 0 Å². The minimum absolute atomic E-state index is 0.0745. The van der Waals surface area contributed by atoms with E-state index in [1.807, 2.05) is 0 Å². The van der Waals surface area contributed by atoms with Crippen molar-refractivity contribution >= 4 is 52.1 Å². The number of hydrogen-bond donors (Lipinski definition) is 0. The number of urea groups is 1. The highest BCUT2D eigenvalue weighted by Gasteiger charge is 2.36. The molecule has 0 radical (unpaired) electrons. The first-order valence-electron chi connectivity index (χ1n) is 8.93. The molecule has 0 atom stereocenters. The van der Waals surface area contributed by atoms with Crippen LogP contribution in [-0.4, -0.2) is 22.5 Å². The molecule has 0 bridgehead atoms. The quantitative estimate of drug-likeness (QED) is 0.334. The van der Waals surface area contributed by atoms with Crippen molar-refractivity contribution in [2.75, 3.05) is 16.3 Å². The average molecular weight is 465 g/mol. The molecule has 2 heterocycles. The predicted molar refractivity (Wildman–Crippen MR) is 113 cm³/mol. The van der Waals surface area contributed by atoms with E-state index < -0.39 is 34.0 Å². The maximum atomic E-state index is 15.0. The third kappa shape index (κ3) is 3.45. The lowest BCUT2D eigenvalue weighted by molar-refractivity contribution is -0.385. The van der Waals surface area contributed by atoms with E-state index in [0.717, 1.165) is 4.90 Å². The standard InChI is InChI=1S/C20H12Cl2F2N4O3/c1-2-26-19-14(5-11(22)9-25-19)13-4-3-10(21)6-17(13)27(20(26)29)18-15(23)7-12(28(30)31)8-16(18)24/h3-9H,2H2,1H3. The number of amides is 2. The van der Waals surface area contributed by atoms with Gasteiger partial charge in [-0.3, -0.25) is 19.9 Å². The molecule has 31 heavy (non-hydrogen) atoms. The van der Waals surface area contributed by atoms with Gasteiger partial charge in [0.25, 0.3) is 5.69 Å². The molecule has 11 heteroatoms. The number of fused-ring (bicyclic) bond motifs is 3. The SMILES string of the molecule is CCN1C(=O)N(c2c(F)cc([N+](=O)[O-])cc2F)c2cc(Cl)ccc2-c2cc(Cl)cnc21. The molecule has 0 unspecified atom stereocenters. The van der Waals surface area contributed by atoms with Gasteiger partial charge in [0.1, 0.15) is 11.5 Å². The van der Waals surface area contributed by atoms with E-state index in [9.17, 15) is 23.7 Å². The van der Waals surface area contributed by atoms with Crippen LogP contribution in [0.25, 0.3) is 11.1 Å². The topological polar surface area (TPSA) is 79.6 Å². The van der Waals surface area contributed by atoms with Gasteiger partial charge in [-0.05, 0) is 25.1 Å². The molecule has 1 aromatic heterocycles. The summed E-state index contributed by atoms with van der Waals surface area (Å²) in [6, 6.07) is 6.38. The van der Waals surface area contributed by atoms with Gasteiger partial charge in [0.2, 0.25) is 0 Å². The van der Waals surface area contributed by atoms with E-state index in [2.05, 4.69) is 4.98 Å². The Hall–Kier alpha value is -3.30. The fraction of sp³-hybridized carbons (Fsp3) is 0.100. The fourth-order valence-corrected chi connectivity index (χ4v) is 3.77. The van der Waals surface area contributed by atoms with E-state index in [1.54, 1.807) is 25.1 Å². The number of carbonyl (C=O) groups excluding carboxylic acids is 1. The molecule has 2 aromatic carbocycles. The van der Waals surface area contributed by atoms with Gasteiger partial charge in [0, 0.05) is 28.9 Å². The molecule has 4 rings (SSSR count). The number of nitro groups is 1. The number of carbonyl (C=O) groups is 1. The Balaban J connectivity index is 2.07. The van der Waals surface area contributed by atoms with E-state index >= 15 is 0 Å². The van der Waals surface area contributed by atoms with Crippen molar-refractivity contribution in [3.63, 3.8) is 0 Å². The molecule has 0 saturated heterocycles. The lowest BCUT2D eigenvalue weighted by Crippen LogP contribution is -2.41. The van der Waals surface area contributed by atoms with Crippen LogP contribution in [0.1, 0.15) is 6.92 Å². The van der Waals surface area contributed by atoms with Gasteiger partial charge in [0.15, 0.2) is 11.6 Å². The molecule has 0 saturated carbocycles. The monoisotopic (exact) mass is 464 g/mol. The van der Waals surface area contributed by atoms with Crippen LogP contribution in [0.3, 0.4) is 0 Å². The summed E-state index contributed by atoms with van der Waals surface area (Å²) < 4.78 is 29.9. The maximum Gasteiger partial charge on any atom is 0.334 e. The Labute approximate surface area is 184 Å². The van der Waals surface area contributed by atoms with Crippen molar-refractivity contribution in [1.82, 2.24) is 4.98 Å². The van der Waals surface area contributed by atoms with Crippen LogP contribution in [0, 0.1) is 21.7 Å². The van der Waals surface area contributed by atoms with Gasteiger partial charge in [-0.25, -0.2) is 18.6 Å². The zero-order valence-corrected chi connectivity index (χ0v) is 17.3. The van der Waals surface area contributed by atoms with Gasteiger partial charge in [-0.1, -0.05) is 29.3 Å². The summed E-state index contributed by atoms with van der Waals surface area (Å²) in [7, 11) is 0. The van der Waals surface area contributed by atoms with Crippen molar-refractivity contribution in [3.05, 3.63) is 74.4 Å². The molecule has 0 fully saturated rings. The van der Waals surface area contributed by atoms with Crippen molar-refractivity contribution in [1.29, 1.82) is 0 Å². The molecular formula is C20H12Cl2F2N4O3. The number of hydrogen-bond acceptors (Lipinski definition) is 4. The Morgan fingerprint density at radius 2 is 1.74 bits per heavy atom. The normalized spacial score (nSPS) is 13.0. The van der Waals surface area contributed by atoms with Crippen LogP contribution in [0.2, 0.25) is 10.0 Å². The van der Waals surface area contributed by atoms with Crippen molar-refractivity contribution < 1.29 is 18.5 Å². The fourth-order valence-electron chi connectivity index (χ4n) is 3.45. The van der Waals surface area contributed by atoms with E-state index in [1.165, 1.54) is 17.2 Å². The number of anilines is 3. The molecule has 1 aliphatic rings. The number of halogens is 4. The van der Waals surface area contributed by atoms with Crippen molar-refractivity contribution in [2.24, 2.45) is 0 Å². The van der Waals surface area contributed by atoms with Crippen LogP contribution in [0.4, 0.5) is 36.5 Å². The summed E-state index contributed by atoms with van der Waals surface area (Å²) in [5.41, 5.74) is -0.617. The number of rotatable bonds is 3. The second kappa shape index (κ2) is 7.75. The van der Waals surface area contributed by atoms with Gasteiger partial charge in [0.05, 0.1) is 27.8 Å². The van der Waals surface area contributed by atoms with Gasteiger partial charge < -0.3 is 0 Å². The average Bonchev–Trinajstić information content (AvgIpc) is 2.80. The first kappa shape index (κ1) is 21.0. The molecule has 158 valence electrons. The zero-order chi connectivity index (χ0) is 22.4. The summed E-state index contributed by atoms with van der Waals surface area (Å²) in [4.78, 5) is 29.8. The molecule has 0 N–H and O–H groups in total. The van der Waals surface area contributed by atoms with E-state index in [4.69, 9.17) is 23.2 Å². The summed E-state index contributed by atoms with van der Waals surface area (Å²) >= 11 is 12.3. The molecule has 3 aromatic rings. The molecule has 0 aliphatic carbocycles. The van der Waals surface area contributed by atoms with E-state index in [-0.39, 0.29) is 23.1 Å². The number of nitrogens with zero attached hydrogens (tertiary/aromatic N) is 4. The molecule has 0 spiro atoms. The number of aromatic nitrogens is 1. The summed E-state index contributed by atoms with van der Waals surface area (Å²) in [5, 5.41) is 11.5. The van der Waals surface area contributed by atoms with Gasteiger partial charge >= 0.3 is 6.03 Å². The number of non-ortho nitro benzene ring substituents is 1. The van der Waals surface area contributed by atoms with Crippen LogP contribution >= 0.6 is 23.2 Å². The highest BCUT2D eigenvalue weighted by molar-refractivity contribution is 6.32. The first-order valence-corrected chi connectivity index (χ1v) is 9.69. The Kier molecular flexibility index (Phi) is 5.24. The van der Waals surface area contributed by atoms with Crippen LogP contribution in [0.15, 0.2) is 42.6 Å². The second-order valence-corrected chi connectivity index (χ2v) is 7.44. The van der Waals surface area contributed by atoms with E-state index in [0.29, 0.717) is 28.3 Å². The Morgan fingerprint density at radius 1 is 1.06 bits per heavy atom. The molecule has 1 aliphatic heterocycles. The highest BCUT2D eigenvalue weighted by Crippen LogP contribution is 2.46. The minimum atomic E-state index is -1.28. The number of benzene rings is 2. The minimum Gasteiger partial charge on any atom is -0.278 e. The Morgan fingerprint density at radius 3 is 2.35 bits per heavy atom. The summed E-state index contributed by atoms with van der Waals surface area (Å²) in [5.74, 6) is -2.32. The van der Waals surface area contributed by atoms with Crippen LogP contribution in [-0.2, 0) is 0 Å². The molecule has 2 amide bonds. The first-order chi connectivity index (χ1) is 14.7. The second-order valence-electron chi connectivity index (χ2n) is 6.56. The number of nitro benzene ring substituents is 1. The van der Waals surface area contributed by atoms with Crippen molar-refractivity contribution in [3.8, 4) is 11.1 Å². The Bertz CT molecular complexity index is 1230. The number of pyridine rings is 1. The van der Waals surface area contributed by atoms with Gasteiger partial charge in [-0.15, -0.1) is 0 Å². The zero-order valence-electron chi connectivity index (χ0n) is 15.8. The largest absolute Gasteiger partial charge is 0.334 e. The summed E-state index contributed by atoms with van der Waals surface area (Å²) in [6.07, 6.45) is 1.36. The van der Waals surface area contributed by atoms with Crippen LogP contribution < -0.4 is 9.80 Å². The lowest BCUT2D eigenvalue weighted by atomic mass is 10.0.